The fourth-order valence-corrected chi connectivity index (χ4v) is 5.09. The molecule has 0 aromatic carbocycles. The number of aliphatic hydroxyl groups is 6. The highest BCUT2D eigenvalue weighted by molar-refractivity contribution is 5.84. The van der Waals surface area contributed by atoms with Crippen LogP contribution < -0.4 is 28.3 Å². The number of ether oxygens (including phenoxy) is 4. The van der Waals surface area contributed by atoms with E-state index in [0.717, 1.165) is 0 Å². The molecule has 1 aliphatic carbocycles. The van der Waals surface area contributed by atoms with Gasteiger partial charge in [-0.05, 0) is 19.3 Å². The lowest BCUT2D eigenvalue weighted by Crippen LogP contribution is -2.66. The average molecular weight is 585 g/mol. The number of aliphatic imine (C=N–C) groups is 1. The molecule has 40 heavy (non-hydrogen) atoms. The van der Waals surface area contributed by atoms with Gasteiger partial charge in [-0.1, -0.05) is 0 Å². The van der Waals surface area contributed by atoms with E-state index in [2.05, 4.69) is 10.3 Å². The van der Waals surface area contributed by atoms with Crippen molar-refractivity contribution in [3.05, 3.63) is 0 Å². The van der Waals surface area contributed by atoms with Crippen LogP contribution in [0.5, 0.6) is 0 Å². The first-order chi connectivity index (χ1) is 19.0. The Bertz CT molecular complexity index is 805. The highest BCUT2D eigenvalue weighted by Gasteiger charge is 2.50. The first-order valence-electron chi connectivity index (χ1n) is 13.4. The third-order valence-corrected chi connectivity index (χ3v) is 7.48. The number of nitrogens with two attached hydrogens (primary N) is 4. The van der Waals surface area contributed by atoms with Gasteiger partial charge in [0.25, 0.3) is 0 Å². The lowest BCUT2D eigenvalue weighted by atomic mass is 9.84. The van der Waals surface area contributed by atoms with Gasteiger partial charge >= 0.3 is 0 Å². The Labute approximate surface area is 231 Å². The third kappa shape index (κ3) is 8.01. The van der Waals surface area contributed by atoms with Crippen molar-refractivity contribution in [1.82, 2.24) is 5.32 Å². The zero-order chi connectivity index (χ0) is 29.6. The summed E-state index contributed by atoms with van der Waals surface area (Å²) in [6.07, 6.45) is -11.2. The Morgan fingerprint density at radius 3 is 2.33 bits per heavy atom. The predicted octanol–water partition coefficient (Wildman–Crippen LogP) is -5.91. The minimum atomic E-state index is -1.56. The van der Waals surface area contributed by atoms with Crippen LogP contribution in [0.25, 0.3) is 0 Å². The van der Waals surface area contributed by atoms with Crippen molar-refractivity contribution >= 4 is 5.84 Å². The maximum atomic E-state index is 12.5. The molecule has 0 bridgehead atoms. The summed E-state index contributed by atoms with van der Waals surface area (Å²) in [5.74, 6) is -0.341. The van der Waals surface area contributed by atoms with Gasteiger partial charge in [0.1, 0.15) is 55.2 Å². The number of rotatable bonds is 12. The molecule has 3 aliphatic rings. The molecule has 0 radical (unpaired) electrons. The van der Waals surface area contributed by atoms with Crippen molar-refractivity contribution in [3.8, 4) is 0 Å². The first-order valence-corrected chi connectivity index (χ1v) is 13.4. The largest absolute Gasteiger partial charge is 0.394 e. The van der Waals surface area contributed by atoms with Gasteiger partial charge in [0.15, 0.2) is 12.6 Å². The molecular weight excluding hydrogens is 539 g/mol. The molecule has 2 saturated heterocycles. The van der Waals surface area contributed by atoms with Gasteiger partial charge < -0.3 is 77.8 Å². The fraction of sp³-hybridized carbons (Fsp3) is 0.957. The molecule has 3 fully saturated rings. The summed E-state index contributed by atoms with van der Waals surface area (Å²) in [5.41, 5.74) is 24.3. The van der Waals surface area contributed by atoms with E-state index in [1.165, 1.54) is 0 Å². The number of aliphatic hydroxyl groups excluding tert-OH is 6. The van der Waals surface area contributed by atoms with Gasteiger partial charge in [-0.15, -0.1) is 0 Å². The maximum absolute atomic E-state index is 12.5. The monoisotopic (exact) mass is 584 g/mol. The lowest BCUT2D eigenvalue weighted by molar-refractivity contribution is -0.312. The molecule has 0 aromatic heterocycles. The topological polar surface area (TPSA) is 287 Å². The highest BCUT2D eigenvalue weighted by atomic mass is 19.1. The molecule has 3 rings (SSSR count). The van der Waals surface area contributed by atoms with Crippen molar-refractivity contribution in [1.29, 1.82) is 0 Å². The SMILES string of the molecule is NC(=NC1CC(N)C(OC2OC(CNCCF)CCC2N)C(O)C1OC1OC(CO)C(O)C(N)C1O)C(O)CO. The Hall–Kier alpha value is -1.16. The highest BCUT2D eigenvalue weighted by Crippen LogP contribution is 2.32. The zero-order valence-corrected chi connectivity index (χ0v) is 22.2. The standard InChI is InChI=1S/C23H45FN6O10/c24-3-4-29-6-9-1-2-10(25)22(37-9)39-19-11(26)5-12(30-21(28)13(33)7-31)20(18(19)36)40-23-17(35)15(27)16(34)14(8-32)38-23/h9-20,22-23,29,31-36H,1-8,25-27H2,(H2,28,30). The van der Waals surface area contributed by atoms with E-state index >= 15 is 0 Å². The number of nitrogens with zero attached hydrogens (tertiary/aromatic N) is 1. The van der Waals surface area contributed by atoms with Crippen molar-refractivity contribution in [3.63, 3.8) is 0 Å². The molecule has 0 spiro atoms. The average Bonchev–Trinajstić information content (AvgIpc) is 2.94. The maximum Gasteiger partial charge on any atom is 0.186 e. The molecule has 16 nitrogen and oxygen atoms in total. The Morgan fingerprint density at radius 1 is 0.975 bits per heavy atom. The number of nitrogens with one attached hydrogen (secondary N) is 1. The fourth-order valence-electron chi connectivity index (χ4n) is 5.09. The molecule has 1 saturated carbocycles. The number of alkyl halides is 1. The van der Waals surface area contributed by atoms with Gasteiger partial charge in [-0.2, -0.15) is 0 Å². The molecule has 0 amide bonds. The van der Waals surface area contributed by atoms with E-state index in [-0.39, 0.29) is 24.9 Å². The lowest BCUT2D eigenvalue weighted by Gasteiger charge is -2.47. The molecule has 15 N–H and O–H groups in total. The quantitative estimate of drug-likeness (QED) is 0.0578. The van der Waals surface area contributed by atoms with Gasteiger partial charge in [0, 0.05) is 19.1 Å². The summed E-state index contributed by atoms with van der Waals surface area (Å²) < 4.78 is 35.9. The summed E-state index contributed by atoms with van der Waals surface area (Å²) in [6.45, 7) is -1.31. The van der Waals surface area contributed by atoms with Crippen LogP contribution in [0.1, 0.15) is 19.3 Å². The number of hydrogen-bond donors (Lipinski definition) is 11. The predicted molar refractivity (Wildman–Crippen MR) is 137 cm³/mol. The van der Waals surface area contributed by atoms with E-state index in [1.807, 2.05) is 0 Å². The van der Waals surface area contributed by atoms with E-state index < -0.39 is 99.4 Å². The van der Waals surface area contributed by atoms with Gasteiger partial charge in [-0.25, -0.2) is 4.39 Å². The van der Waals surface area contributed by atoms with Gasteiger partial charge in [-0.3, -0.25) is 4.99 Å². The van der Waals surface area contributed by atoms with Crippen LogP contribution in [0.15, 0.2) is 4.99 Å². The smallest absolute Gasteiger partial charge is 0.186 e. The molecule has 14 unspecified atom stereocenters. The second-order valence-electron chi connectivity index (χ2n) is 10.5. The Kier molecular flexibility index (Phi) is 12.8. The van der Waals surface area contributed by atoms with Crippen LogP contribution in [-0.2, 0) is 18.9 Å². The minimum Gasteiger partial charge on any atom is -0.394 e. The Morgan fingerprint density at radius 2 is 1.68 bits per heavy atom. The van der Waals surface area contributed by atoms with Crippen LogP contribution in [-0.4, -0.2) is 155 Å². The number of amidine groups is 1. The molecule has 2 heterocycles. The molecule has 14 atom stereocenters. The van der Waals surface area contributed by atoms with Crippen molar-refractivity contribution < 1.29 is 54.0 Å². The molecule has 0 aromatic rings. The van der Waals surface area contributed by atoms with E-state index in [1.54, 1.807) is 0 Å². The first kappa shape index (κ1) is 33.3. The molecule has 17 heteroatoms. The third-order valence-electron chi connectivity index (χ3n) is 7.48. The van der Waals surface area contributed by atoms with Crippen LogP contribution in [0.2, 0.25) is 0 Å². The molecule has 234 valence electrons. The summed E-state index contributed by atoms with van der Waals surface area (Å²) in [7, 11) is 0. The molecule has 2 aliphatic heterocycles. The summed E-state index contributed by atoms with van der Waals surface area (Å²) in [5, 5.41) is 63.9. The van der Waals surface area contributed by atoms with E-state index in [4.69, 9.17) is 41.9 Å². The van der Waals surface area contributed by atoms with Gasteiger partial charge in [0.05, 0.1) is 37.4 Å². The summed E-state index contributed by atoms with van der Waals surface area (Å²) >= 11 is 0. The summed E-state index contributed by atoms with van der Waals surface area (Å²) in [4.78, 5) is 4.20. The minimum absolute atomic E-state index is 0.00953. The van der Waals surface area contributed by atoms with Crippen LogP contribution in [0, 0.1) is 0 Å². The second-order valence-corrected chi connectivity index (χ2v) is 10.5. The van der Waals surface area contributed by atoms with Crippen LogP contribution in [0.3, 0.4) is 0 Å². The second kappa shape index (κ2) is 15.4. The van der Waals surface area contributed by atoms with Crippen LogP contribution in [0.4, 0.5) is 4.39 Å². The number of hydrogen-bond acceptors (Lipinski definition) is 15. The van der Waals surface area contributed by atoms with Crippen LogP contribution >= 0.6 is 0 Å². The van der Waals surface area contributed by atoms with Gasteiger partial charge in [0.2, 0.25) is 0 Å². The number of halogens is 1. The van der Waals surface area contributed by atoms with Crippen molar-refractivity contribution in [2.24, 2.45) is 27.9 Å². The van der Waals surface area contributed by atoms with E-state index in [0.29, 0.717) is 19.4 Å². The summed E-state index contributed by atoms with van der Waals surface area (Å²) in [6, 6.07) is -3.65. The molecular formula is C23H45FN6O10. The Balaban J connectivity index is 1.81. The normalized spacial score (nSPS) is 44.0. The zero-order valence-electron chi connectivity index (χ0n) is 22.2. The van der Waals surface area contributed by atoms with Crippen molar-refractivity contribution in [2.45, 2.75) is 105 Å². The van der Waals surface area contributed by atoms with E-state index in [9.17, 15) is 35.0 Å². The van der Waals surface area contributed by atoms with Crippen molar-refractivity contribution in [2.75, 3.05) is 33.0 Å².